The number of carboxylic acid groups (broad SMARTS) is 1. The molecule has 0 saturated heterocycles. The van der Waals surface area contributed by atoms with E-state index in [1.807, 2.05) is 0 Å². The third kappa shape index (κ3) is 4.77. The van der Waals surface area contributed by atoms with Crippen molar-refractivity contribution in [2.75, 3.05) is 0 Å². The van der Waals surface area contributed by atoms with Crippen LogP contribution in [0.3, 0.4) is 0 Å². The molecule has 0 amide bonds. The molecule has 0 spiro atoms. The van der Waals surface area contributed by atoms with Crippen molar-refractivity contribution in [3.05, 3.63) is 57.8 Å². The number of nitrogens with zero attached hydrogens (tertiary/aromatic N) is 1. The minimum absolute atomic E-state index is 0.0610. The molecular formula is C19H16F3NO3S2. The van der Waals surface area contributed by atoms with Crippen LogP contribution in [0, 0.1) is 13.8 Å². The Hall–Kier alpha value is -2.26. The Balaban J connectivity index is 1.76. The van der Waals surface area contributed by atoms with Gasteiger partial charge in [-0.15, -0.1) is 11.3 Å². The number of carbonyl (C=O) groups is 1. The summed E-state index contributed by atoms with van der Waals surface area (Å²) < 4.78 is 45.1. The van der Waals surface area contributed by atoms with Crippen molar-refractivity contribution in [3.8, 4) is 11.3 Å². The highest BCUT2D eigenvalue weighted by Gasteiger charge is 2.30. The molecule has 2 heterocycles. The number of aliphatic carboxylic acids is 1. The summed E-state index contributed by atoms with van der Waals surface area (Å²) in [6, 6.07) is 6.75. The van der Waals surface area contributed by atoms with Crippen molar-refractivity contribution < 1.29 is 27.5 Å². The number of hydrogen-bond acceptors (Lipinski definition) is 5. The van der Waals surface area contributed by atoms with Crippen LogP contribution < -0.4 is 0 Å². The molecular weight excluding hydrogens is 411 g/mol. The summed E-state index contributed by atoms with van der Waals surface area (Å²) in [6.45, 7) is 3.53. The fourth-order valence-corrected chi connectivity index (χ4v) is 4.82. The molecule has 148 valence electrons. The van der Waals surface area contributed by atoms with Gasteiger partial charge in [-0.1, -0.05) is 23.9 Å². The Bertz CT molecular complexity index is 1010. The lowest BCUT2D eigenvalue weighted by Crippen LogP contribution is -2.04. The molecule has 4 nitrogen and oxygen atoms in total. The van der Waals surface area contributed by atoms with Crippen LogP contribution in [0.2, 0.25) is 0 Å². The van der Waals surface area contributed by atoms with Crippen molar-refractivity contribution in [3.63, 3.8) is 0 Å². The summed E-state index contributed by atoms with van der Waals surface area (Å²) in [6.07, 6.45) is -4.47. The number of rotatable bonds is 6. The smallest absolute Gasteiger partial charge is 0.416 e. The molecule has 0 aliphatic rings. The van der Waals surface area contributed by atoms with Gasteiger partial charge in [-0.25, -0.2) is 4.98 Å². The maximum Gasteiger partial charge on any atom is 0.416 e. The lowest BCUT2D eigenvalue weighted by atomic mass is 10.1. The van der Waals surface area contributed by atoms with Crippen molar-refractivity contribution in [1.29, 1.82) is 0 Å². The Morgan fingerprint density at radius 1 is 1.29 bits per heavy atom. The number of thioether (sulfide) groups is 1. The third-order valence-corrected chi connectivity index (χ3v) is 6.38. The lowest BCUT2D eigenvalue weighted by Gasteiger charge is -2.07. The average Bonchev–Trinajstić information content (AvgIpc) is 3.15. The number of benzene rings is 1. The zero-order valence-corrected chi connectivity index (χ0v) is 16.6. The zero-order chi connectivity index (χ0) is 20.5. The van der Waals surface area contributed by atoms with E-state index in [0.717, 1.165) is 22.0 Å². The molecule has 0 bridgehead atoms. The first-order chi connectivity index (χ1) is 13.1. The van der Waals surface area contributed by atoms with Gasteiger partial charge in [0.15, 0.2) is 4.34 Å². The first kappa shape index (κ1) is 20.5. The molecule has 28 heavy (non-hydrogen) atoms. The van der Waals surface area contributed by atoms with Crippen molar-refractivity contribution >= 4 is 29.1 Å². The number of halogens is 3. The molecule has 1 N–H and O–H groups in total. The second kappa shape index (κ2) is 8.00. The molecule has 0 unspecified atom stereocenters. The summed E-state index contributed by atoms with van der Waals surface area (Å²) >= 11 is 2.78. The fraction of sp³-hybridized carbons (Fsp3) is 0.263. The first-order valence-electron chi connectivity index (χ1n) is 8.21. The quantitative estimate of drug-likeness (QED) is 0.492. The van der Waals surface area contributed by atoms with Gasteiger partial charge < -0.3 is 9.52 Å². The van der Waals surface area contributed by atoms with E-state index in [-0.39, 0.29) is 6.42 Å². The van der Waals surface area contributed by atoms with E-state index in [1.165, 1.54) is 29.2 Å². The van der Waals surface area contributed by atoms with Gasteiger partial charge in [-0.2, -0.15) is 13.2 Å². The van der Waals surface area contributed by atoms with Gasteiger partial charge in [0.2, 0.25) is 0 Å². The van der Waals surface area contributed by atoms with Gasteiger partial charge in [0, 0.05) is 21.8 Å². The maximum atomic E-state index is 12.9. The van der Waals surface area contributed by atoms with Crippen molar-refractivity contribution in [1.82, 2.24) is 4.98 Å². The minimum atomic E-state index is -4.41. The third-order valence-electron chi connectivity index (χ3n) is 4.03. The van der Waals surface area contributed by atoms with Gasteiger partial charge in [0.25, 0.3) is 0 Å². The number of hydrogen-bond donors (Lipinski definition) is 1. The van der Waals surface area contributed by atoms with Gasteiger partial charge in [-0.3, -0.25) is 4.79 Å². The highest BCUT2D eigenvalue weighted by Crippen LogP contribution is 2.35. The number of thiazole rings is 1. The van der Waals surface area contributed by atoms with Crippen LogP contribution in [0.5, 0.6) is 0 Å². The van der Waals surface area contributed by atoms with Crippen molar-refractivity contribution in [2.24, 2.45) is 0 Å². The standard InChI is InChI=1S/C19H16F3NO3S2/c1-10-16(8-17(24)25)28-18(23-10)27-9-13-7-15(26-11(13)2)12-4-3-5-14(6-12)19(20,21)22/h3-7H,8-9H2,1-2H3,(H,24,25). The predicted molar refractivity (Wildman–Crippen MR) is 102 cm³/mol. The van der Waals surface area contributed by atoms with E-state index in [9.17, 15) is 18.0 Å². The molecule has 9 heteroatoms. The molecule has 3 rings (SSSR count). The highest BCUT2D eigenvalue weighted by molar-refractivity contribution is 8.00. The molecule has 3 aromatic rings. The fourth-order valence-electron chi connectivity index (χ4n) is 2.56. The molecule has 0 atom stereocenters. The maximum absolute atomic E-state index is 12.9. The van der Waals surface area contributed by atoms with Crippen LogP contribution in [-0.4, -0.2) is 16.1 Å². The molecule has 0 fully saturated rings. The van der Waals surface area contributed by atoms with E-state index >= 15 is 0 Å². The summed E-state index contributed by atoms with van der Waals surface area (Å²) in [5.74, 6) is 0.619. The Morgan fingerprint density at radius 3 is 2.71 bits per heavy atom. The topological polar surface area (TPSA) is 63.3 Å². The van der Waals surface area contributed by atoms with Crippen LogP contribution in [-0.2, 0) is 23.1 Å². The van der Waals surface area contributed by atoms with E-state index in [2.05, 4.69) is 4.98 Å². The zero-order valence-electron chi connectivity index (χ0n) is 15.0. The molecule has 0 radical (unpaired) electrons. The average molecular weight is 427 g/mol. The van der Waals surface area contributed by atoms with Gasteiger partial charge in [0.1, 0.15) is 11.5 Å². The molecule has 0 aliphatic heterocycles. The van der Waals surface area contributed by atoms with Crippen LogP contribution >= 0.6 is 23.1 Å². The summed E-state index contributed by atoms with van der Waals surface area (Å²) in [5.41, 5.74) is 1.19. The van der Waals surface area contributed by atoms with E-state index in [0.29, 0.717) is 33.4 Å². The number of furan rings is 1. The highest BCUT2D eigenvalue weighted by atomic mass is 32.2. The minimum Gasteiger partial charge on any atom is -0.481 e. The Labute approximate surface area is 167 Å². The SMILES string of the molecule is Cc1nc(SCc2cc(-c3cccc(C(F)(F)F)c3)oc2C)sc1CC(=O)O. The van der Waals surface area contributed by atoms with Gasteiger partial charge in [0.05, 0.1) is 17.7 Å². The summed E-state index contributed by atoms with van der Waals surface area (Å²) in [4.78, 5) is 16.0. The largest absolute Gasteiger partial charge is 0.481 e. The van der Waals surface area contributed by atoms with Crippen molar-refractivity contribution in [2.45, 2.75) is 36.5 Å². The molecule has 0 aliphatic carbocycles. The van der Waals surface area contributed by atoms with Gasteiger partial charge in [-0.05, 0) is 32.0 Å². The number of aryl methyl sites for hydroxylation is 2. The first-order valence-corrected chi connectivity index (χ1v) is 10.0. The number of carboxylic acids is 1. The molecule has 0 saturated carbocycles. The van der Waals surface area contributed by atoms with Crippen LogP contribution in [0.25, 0.3) is 11.3 Å². The number of alkyl halides is 3. The summed E-state index contributed by atoms with van der Waals surface area (Å²) in [7, 11) is 0. The molecule has 1 aromatic carbocycles. The van der Waals surface area contributed by atoms with Crippen LogP contribution in [0.1, 0.15) is 27.5 Å². The number of aromatic nitrogens is 1. The van der Waals surface area contributed by atoms with E-state index < -0.39 is 17.7 Å². The monoisotopic (exact) mass is 427 g/mol. The van der Waals surface area contributed by atoms with Crippen LogP contribution in [0.4, 0.5) is 13.2 Å². The van der Waals surface area contributed by atoms with E-state index in [4.69, 9.17) is 9.52 Å². The van der Waals surface area contributed by atoms with E-state index in [1.54, 1.807) is 26.0 Å². The second-order valence-corrected chi connectivity index (χ2v) is 8.42. The van der Waals surface area contributed by atoms with Gasteiger partial charge >= 0.3 is 12.1 Å². The Morgan fingerprint density at radius 2 is 2.04 bits per heavy atom. The Kier molecular flexibility index (Phi) is 5.85. The van der Waals surface area contributed by atoms with Crippen LogP contribution in [0.15, 0.2) is 39.1 Å². The second-order valence-electron chi connectivity index (χ2n) is 6.12. The lowest BCUT2D eigenvalue weighted by molar-refractivity contribution is -0.138. The normalized spacial score (nSPS) is 11.8. The summed E-state index contributed by atoms with van der Waals surface area (Å²) in [5, 5.41) is 8.91. The predicted octanol–water partition coefficient (Wildman–Crippen LogP) is 5.96. The molecule has 2 aromatic heterocycles.